The number of hydrogen-bond acceptors (Lipinski definition) is 2. The van der Waals surface area contributed by atoms with Crippen LogP contribution in [0.4, 0.5) is 0 Å². The molecule has 1 fully saturated rings. The molecule has 1 N–H and O–H groups in total. The molecule has 1 heterocycles. The molecule has 1 atom stereocenters. The quantitative estimate of drug-likeness (QED) is 0.873. The summed E-state index contributed by atoms with van der Waals surface area (Å²) in [4.78, 5) is 4.71. The largest absolute Gasteiger partial charge is 0.330 e. The van der Waals surface area contributed by atoms with Gasteiger partial charge in [0.2, 0.25) is 0 Å². The summed E-state index contributed by atoms with van der Waals surface area (Å²) in [7, 11) is 2.10. The van der Waals surface area contributed by atoms with Crippen molar-refractivity contribution in [2.24, 2.45) is 13.0 Å². The van der Waals surface area contributed by atoms with Crippen LogP contribution >= 0.6 is 0 Å². The van der Waals surface area contributed by atoms with E-state index in [4.69, 9.17) is 4.98 Å². The Kier molecular flexibility index (Phi) is 2.63. The van der Waals surface area contributed by atoms with E-state index in [2.05, 4.69) is 42.1 Å². The summed E-state index contributed by atoms with van der Waals surface area (Å²) >= 11 is 0. The second-order valence-corrected chi connectivity index (χ2v) is 5.09. The summed E-state index contributed by atoms with van der Waals surface area (Å²) in [5.41, 5.74) is 2.30. The van der Waals surface area contributed by atoms with Gasteiger partial charge in [0.05, 0.1) is 17.1 Å². The van der Waals surface area contributed by atoms with Crippen molar-refractivity contribution >= 4 is 11.0 Å². The molecule has 2 aromatic rings. The molecule has 90 valence electrons. The van der Waals surface area contributed by atoms with E-state index in [9.17, 15) is 0 Å². The molecule has 0 bridgehead atoms. The maximum Gasteiger partial charge on any atom is 0.126 e. The van der Waals surface area contributed by atoms with E-state index in [0.29, 0.717) is 6.04 Å². The van der Waals surface area contributed by atoms with Crippen LogP contribution in [0.2, 0.25) is 0 Å². The molecule has 3 rings (SSSR count). The zero-order chi connectivity index (χ0) is 11.8. The van der Waals surface area contributed by atoms with Gasteiger partial charge in [-0.3, -0.25) is 0 Å². The van der Waals surface area contributed by atoms with Crippen LogP contribution in [-0.2, 0) is 7.05 Å². The van der Waals surface area contributed by atoms with Crippen LogP contribution in [0.25, 0.3) is 11.0 Å². The Hall–Kier alpha value is -1.35. The number of para-hydroxylation sites is 2. The van der Waals surface area contributed by atoms with Crippen molar-refractivity contribution in [3.63, 3.8) is 0 Å². The highest BCUT2D eigenvalue weighted by atomic mass is 15.1. The lowest BCUT2D eigenvalue weighted by Gasteiger charge is -2.13. The van der Waals surface area contributed by atoms with E-state index < -0.39 is 0 Å². The summed E-state index contributed by atoms with van der Waals surface area (Å²) < 4.78 is 2.19. The van der Waals surface area contributed by atoms with Crippen LogP contribution in [0.15, 0.2) is 24.3 Å². The third kappa shape index (κ3) is 2.07. The first-order valence-corrected chi connectivity index (χ1v) is 6.40. The number of imidazole rings is 1. The molecule has 3 nitrogen and oxygen atoms in total. The second-order valence-electron chi connectivity index (χ2n) is 5.09. The number of hydrogen-bond donors (Lipinski definition) is 1. The standard InChI is InChI=1S/C14H19N3/c1-10(15-9-11-7-8-11)14-16-12-5-3-4-6-13(12)17(14)2/h3-6,10-11,15H,7-9H2,1-2H3. The molecule has 1 aliphatic carbocycles. The van der Waals surface area contributed by atoms with Crippen LogP contribution in [0.3, 0.4) is 0 Å². The van der Waals surface area contributed by atoms with Gasteiger partial charge >= 0.3 is 0 Å². The lowest BCUT2D eigenvalue weighted by molar-refractivity contribution is 0.515. The van der Waals surface area contributed by atoms with E-state index in [-0.39, 0.29) is 0 Å². The molecule has 0 saturated heterocycles. The van der Waals surface area contributed by atoms with Crippen molar-refractivity contribution < 1.29 is 0 Å². The fourth-order valence-corrected chi connectivity index (χ4v) is 2.31. The van der Waals surface area contributed by atoms with Gasteiger partial charge in [0, 0.05) is 7.05 Å². The zero-order valence-corrected chi connectivity index (χ0v) is 10.5. The Morgan fingerprint density at radius 1 is 1.41 bits per heavy atom. The number of fused-ring (bicyclic) bond motifs is 1. The average molecular weight is 229 g/mol. The van der Waals surface area contributed by atoms with Gasteiger partial charge in [-0.1, -0.05) is 12.1 Å². The molecular formula is C14H19N3. The Bertz CT molecular complexity index is 525. The topological polar surface area (TPSA) is 29.9 Å². The molecule has 17 heavy (non-hydrogen) atoms. The molecule has 1 aliphatic rings. The molecular weight excluding hydrogens is 210 g/mol. The summed E-state index contributed by atoms with van der Waals surface area (Å²) in [6.45, 7) is 3.33. The van der Waals surface area contributed by atoms with E-state index in [0.717, 1.165) is 23.8 Å². The van der Waals surface area contributed by atoms with Gasteiger partial charge in [-0.05, 0) is 44.4 Å². The highest BCUT2D eigenvalue weighted by Crippen LogP contribution is 2.28. The first-order chi connectivity index (χ1) is 8.25. The molecule has 1 aromatic carbocycles. The minimum atomic E-state index is 0.327. The van der Waals surface area contributed by atoms with Crippen molar-refractivity contribution in [2.75, 3.05) is 6.54 Å². The van der Waals surface area contributed by atoms with Crippen molar-refractivity contribution in [3.05, 3.63) is 30.1 Å². The van der Waals surface area contributed by atoms with Crippen LogP contribution in [0.1, 0.15) is 31.6 Å². The Labute approximate surface area is 102 Å². The normalized spacial score (nSPS) is 17.5. The summed E-state index contributed by atoms with van der Waals surface area (Å²) in [5, 5.41) is 3.58. The minimum absolute atomic E-state index is 0.327. The number of aryl methyl sites for hydroxylation is 1. The summed E-state index contributed by atoms with van der Waals surface area (Å²) in [6.07, 6.45) is 2.78. The van der Waals surface area contributed by atoms with Gasteiger partial charge in [-0.2, -0.15) is 0 Å². The Morgan fingerprint density at radius 2 is 2.18 bits per heavy atom. The van der Waals surface area contributed by atoms with Gasteiger partial charge < -0.3 is 9.88 Å². The first kappa shape index (κ1) is 10.8. The number of rotatable bonds is 4. The van der Waals surface area contributed by atoms with Gasteiger partial charge in [0.1, 0.15) is 5.82 Å². The van der Waals surface area contributed by atoms with E-state index in [1.54, 1.807) is 0 Å². The highest BCUT2D eigenvalue weighted by molar-refractivity contribution is 5.75. The minimum Gasteiger partial charge on any atom is -0.330 e. The van der Waals surface area contributed by atoms with E-state index in [1.807, 2.05) is 6.07 Å². The molecule has 0 radical (unpaired) electrons. The smallest absolute Gasteiger partial charge is 0.126 e. The second kappa shape index (κ2) is 4.15. The van der Waals surface area contributed by atoms with Gasteiger partial charge in [-0.25, -0.2) is 4.98 Å². The molecule has 3 heteroatoms. The monoisotopic (exact) mass is 229 g/mol. The molecule has 1 aromatic heterocycles. The van der Waals surface area contributed by atoms with Crippen LogP contribution < -0.4 is 5.32 Å². The molecule has 0 amide bonds. The third-order valence-electron chi connectivity index (χ3n) is 3.62. The molecule has 0 spiro atoms. The van der Waals surface area contributed by atoms with Gasteiger partial charge in [0.15, 0.2) is 0 Å². The van der Waals surface area contributed by atoms with E-state index in [1.165, 1.54) is 18.4 Å². The molecule has 1 saturated carbocycles. The highest BCUT2D eigenvalue weighted by Gasteiger charge is 2.22. The predicted octanol–water partition coefficient (Wildman–Crippen LogP) is 2.63. The zero-order valence-electron chi connectivity index (χ0n) is 10.5. The SMILES string of the molecule is CC(NCC1CC1)c1nc2ccccc2n1C. The average Bonchev–Trinajstić information content (AvgIpc) is 3.11. The third-order valence-corrected chi connectivity index (χ3v) is 3.62. The summed E-state index contributed by atoms with van der Waals surface area (Å²) in [6, 6.07) is 8.64. The first-order valence-electron chi connectivity index (χ1n) is 6.40. The fraction of sp³-hybridized carbons (Fsp3) is 0.500. The maximum atomic E-state index is 4.71. The lowest BCUT2D eigenvalue weighted by atomic mass is 10.3. The predicted molar refractivity (Wildman–Crippen MR) is 69.9 cm³/mol. The summed E-state index contributed by atoms with van der Waals surface area (Å²) in [5.74, 6) is 2.04. The maximum absolute atomic E-state index is 4.71. The molecule has 1 unspecified atom stereocenters. The Balaban J connectivity index is 1.85. The Morgan fingerprint density at radius 3 is 2.88 bits per heavy atom. The fourth-order valence-electron chi connectivity index (χ4n) is 2.31. The number of nitrogens with zero attached hydrogens (tertiary/aromatic N) is 2. The van der Waals surface area contributed by atoms with Crippen molar-refractivity contribution in [2.45, 2.75) is 25.8 Å². The number of nitrogens with one attached hydrogen (secondary N) is 1. The lowest BCUT2D eigenvalue weighted by Crippen LogP contribution is -2.23. The van der Waals surface area contributed by atoms with Crippen LogP contribution in [0, 0.1) is 5.92 Å². The number of benzene rings is 1. The van der Waals surface area contributed by atoms with Crippen molar-refractivity contribution in [1.29, 1.82) is 0 Å². The number of aromatic nitrogens is 2. The van der Waals surface area contributed by atoms with Crippen LogP contribution in [0.5, 0.6) is 0 Å². The van der Waals surface area contributed by atoms with E-state index >= 15 is 0 Å². The van der Waals surface area contributed by atoms with Gasteiger partial charge in [0.25, 0.3) is 0 Å². The van der Waals surface area contributed by atoms with Crippen molar-refractivity contribution in [1.82, 2.24) is 14.9 Å². The molecule has 0 aliphatic heterocycles. The van der Waals surface area contributed by atoms with Crippen LogP contribution in [-0.4, -0.2) is 16.1 Å². The van der Waals surface area contributed by atoms with Crippen molar-refractivity contribution in [3.8, 4) is 0 Å². The van der Waals surface area contributed by atoms with Gasteiger partial charge in [-0.15, -0.1) is 0 Å².